The molecule has 0 aromatic heterocycles. The minimum atomic E-state index is 1.20. The van der Waals surface area contributed by atoms with E-state index in [9.17, 15) is 0 Å². The lowest BCUT2D eigenvalue weighted by Crippen LogP contribution is -2.16. The molecule has 0 fully saturated rings. The van der Waals surface area contributed by atoms with E-state index in [1.165, 1.54) is 45.2 Å². The normalized spacial score (nSPS) is 25.6. The van der Waals surface area contributed by atoms with Gasteiger partial charge in [0.1, 0.15) is 0 Å². The highest BCUT2D eigenvalue weighted by Crippen LogP contribution is 1.99. The summed E-state index contributed by atoms with van der Waals surface area (Å²) in [6.45, 7) is 2.41. The molecule has 10 heavy (non-hydrogen) atoms. The van der Waals surface area contributed by atoms with E-state index in [4.69, 9.17) is 0 Å². The van der Waals surface area contributed by atoms with Crippen LogP contribution in [0, 0.1) is 0 Å². The summed E-state index contributed by atoms with van der Waals surface area (Å²) in [4.78, 5) is 0. The van der Waals surface area contributed by atoms with Gasteiger partial charge >= 0.3 is 0 Å². The lowest BCUT2D eigenvalue weighted by molar-refractivity contribution is 0.602. The van der Waals surface area contributed by atoms with E-state index in [-0.39, 0.29) is 0 Å². The van der Waals surface area contributed by atoms with Gasteiger partial charge in [-0.05, 0) is 45.2 Å². The van der Waals surface area contributed by atoms with Gasteiger partial charge in [-0.2, -0.15) is 0 Å². The predicted molar refractivity (Wildman–Crippen MR) is 45.1 cm³/mol. The molecule has 0 saturated carbocycles. The predicted octanol–water partition coefficient (Wildman–Crippen LogP) is 2.10. The minimum absolute atomic E-state index is 1.20. The zero-order valence-corrected chi connectivity index (χ0v) is 6.60. The van der Waals surface area contributed by atoms with Crippen molar-refractivity contribution in [1.29, 1.82) is 0 Å². The Morgan fingerprint density at radius 2 is 1.50 bits per heavy atom. The summed E-state index contributed by atoms with van der Waals surface area (Å²) < 4.78 is 0. The fraction of sp³-hybridized carbons (Fsp3) is 0.778. The fourth-order valence-corrected chi connectivity index (χ4v) is 1.22. The molecule has 1 aliphatic heterocycles. The third-order valence-corrected chi connectivity index (χ3v) is 1.87. The van der Waals surface area contributed by atoms with Gasteiger partial charge in [0, 0.05) is 0 Å². The third kappa shape index (κ3) is 3.67. The van der Waals surface area contributed by atoms with Gasteiger partial charge < -0.3 is 5.32 Å². The summed E-state index contributed by atoms with van der Waals surface area (Å²) in [7, 11) is 0. The highest BCUT2D eigenvalue weighted by molar-refractivity contribution is 4.82. The first-order valence-electron chi connectivity index (χ1n) is 4.36. The highest BCUT2D eigenvalue weighted by atomic mass is 14.8. The van der Waals surface area contributed by atoms with Gasteiger partial charge in [-0.25, -0.2) is 0 Å². The van der Waals surface area contributed by atoms with E-state index in [0.717, 1.165) is 0 Å². The number of hydrogen-bond acceptors (Lipinski definition) is 1. The molecule has 0 unspecified atom stereocenters. The van der Waals surface area contributed by atoms with E-state index >= 15 is 0 Å². The van der Waals surface area contributed by atoms with Crippen LogP contribution in [0.25, 0.3) is 0 Å². The summed E-state index contributed by atoms with van der Waals surface area (Å²) in [6, 6.07) is 0. The summed E-state index contributed by atoms with van der Waals surface area (Å²) in [5.74, 6) is 0. The van der Waals surface area contributed by atoms with Gasteiger partial charge in [-0.3, -0.25) is 0 Å². The minimum Gasteiger partial charge on any atom is -0.317 e. The molecule has 1 aliphatic rings. The van der Waals surface area contributed by atoms with Gasteiger partial charge in [0.05, 0.1) is 0 Å². The highest BCUT2D eigenvalue weighted by Gasteiger charge is 1.90. The maximum absolute atomic E-state index is 3.42. The standard InChI is InChI=1S/C9H17N/c1-2-4-6-8-10-9-7-5-3-1/h1-2,10H,3-9H2/b2-1-. The van der Waals surface area contributed by atoms with Gasteiger partial charge in [0.25, 0.3) is 0 Å². The van der Waals surface area contributed by atoms with Crippen molar-refractivity contribution < 1.29 is 0 Å². The van der Waals surface area contributed by atoms with E-state index in [2.05, 4.69) is 17.5 Å². The molecule has 0 atom stereocenters. The first-order valence-corrected chi connectivity index (χ1v) is 4.36. The van der Waals surface area contributed by atoms with Crippen molar-refractivity contribution in [2.45, 2.75) is 32.1 Å². The molecular weight excluding hydrogens is 122 g/mol. The van der Waals surface area contributed by atoms with Crippen LogP contribution in [0.3, 0.4) is 0 Å². The van der Waals surface area contributed by atoms with Crippen LogP contribution in [0.5, 0.6) is 0 Å². The van der Waals surface area contributed by atoms with Crippen molar-refractivity contribution >= 4 is 0 Å². The van der Waals surface area contributed by atoms with Crippen LogP contribution in [0.2, 0.25) is 0 Å². The molecule has 1 heterocycles. The molecule has 1 nitrogen and oxygen atoms in total. The summed E-state index contributed by atoms with van der Waals surface area (Å²) in [5.41, 5.74) is 0. The Morgan fingerprint density at radius 1 is 0.800 bits per heavy atom. The molecule has 58 valence electrons. The summed E-state index contributed by atoms with van der Waals surface area (Å²) in [6.07, 6.45) is 11.2. The average molecular weight is 139 g/mol. The maximum Gasteiger partial charge on any atom is -0.00460 e. The fourth-order valence-electron chi connectivity index (χ4n) is 1.22. The molecule has 0 saturated heterocycles. The Labute approximate surface area is 63.5 Å². The Morgan fingerprint density at radius 3 is 2.40 bits per heavy atom. The molecule has 1 heteroatoms. The molecule has 0 aromatic carbocycles. The Balaban J connectivity index is 2.13. The molecule has 0 aromatic rings. The Hall–Kier alpha value is -0.300. The number of nitrogens with one attached hydrogen (secondary N) is 1. The molecule has 0 aliphatic carbocycles. The van der Waals surface area contributed by atoms with Crippen LogP contribution < -0.4 is 5.32 Å². The van der Waals surface area contributed by atoms with Gasteiger partial charge in [0.2, 0.25) is 0 Å². The lowest BCUT2D eigenvalue weighted by Gasteiger charge is -2.04. The third-order valence-electron chi connectivity index (χ3n) is 1.87. The molecule has 1 N–H and O–H groups in total. The molecule has 0 amide bonds. The zero-order valence-electron chi connectivity index (χ0n) is 6.60. The number of hydrogen-bond donors (Lipinski definition) is 1. The van der Waals surface area contributed by atoms with Crippen molar-refractivity contribution in [3.63, 3.8) is 0 Å². The summed E-state index contributed by atoms with van der Waals surface area (Å²) >= 11 is 0. The number of allylic oxidation sites excluding steroid dienone is 2. The second kappa shape index (κ2) is 5.48. The van der Waals surface area contributed by atoms with Crippen molar-refractivity contribution in [1.82, 2.24) is 5.32 Å². The Bertz CT molecular complexity index is 84.9. The number of rotatable bonds is 0. The van der Waals surface area contributed by atoms with Crippen molar-refractivity contribution in [2.24, 2.45) is 0 Å². The van der Waals surface area contributed by atoms with Crippen LogP contribution in [-0.2, 0) is 0 Å². The van der Waals surface area contributed by atoms with E-state index in [1.807, 2.05) is 0 Å². The maximum atomic E-state index is 3.42. The van der Waals surface area contributed by atoms with Crippen molar-refractivity contribution in [2.75, 3.05) is 13.1 Å². The molecule has 1 rings (SSSR count). The Kier molecular flexibility index (Phi) is 4.28. The molecular formula is C9H17N. The lowest BCUT2D eigenvalue weighted by atomic mass is 10.2. The van der Waals surface area contributed by atoms with E-state index in [0.29, 0.717) is 0 Å². The first kappa shape index (κ1) is 7.80. The van der Waals surface area contributed by atoms with Crippen LogP contribution in [0.4, 0.5) is 0 Å². The van der Waals surface area contributed by atoms with E-state index < -0.39 is 0 Å². The topological polar surface area (TPSA) is 12.0 Å². The zero-order chi connectivity index (χ0) is 7.07. The van der Waals surface area contributed by atoms with Gasteiger partial charge in [0.15, 0.2) is 0 Å². The first-order chi connectivity index (χ1) is 5.00. The molecule has 0 spiro atoms. The average Bonchev–Trinajstić information content (AvgIpc) is 2.01. The second-order valence-electron chi connectivity index (χ2n) is 2.86. The monoisotopic (exact) mass is 139 g/mol. The van der Waals surface area contributed by atoms with Crippen LogP contribution in [-0.4, -0.2) is 13.1 Å². The summed E-state index contributed by atoms with van der Waals surface area (Å²) in [5, 5.41) is 3.42. The van der Waals surface area contributed by atoms with Crippen LogP contribution >= 0.6 is 0 Å². The van der Waals surface area contributed by atoms with Crippen LogP contribution in [0.15, 0.2) is 12.2 Å². The quantitative estimate of drug-likeness (QED) is 0.507. The SMILES string of the molecule is C1=C\CCCNCCCC/1. The smallest absolute Gasteiger partial charge is 0.00460 e. The van der Waals surface area contributed by atoms with Gasteiger partial charge in [-0.1, -0.05) is 12.2 Å². The molecule has 0 bridgehead atoms. The van der Waals surface area contributed by atoms with E-state index in [1.54, 1.807) is 0 Å². The second-order valence-corrected chi connectivity index (χ2v) is 2.86. The van der Waals surface area contributed by atoms with Crippen LogP contribution in [0.1, 0.15) is 32.1 Å². The van der Waals surface area contributed by atoms with Crippen molar-refractivity contribution in [3.8, 4) is 0 Å². The molecule has 0 radical (unpaired) electrons. The van der Waals surface area contributed by atoms with Crippen molar-refractivity contribution in [3.05, 3.63) is 12.2 Å². The largest absolute Gasteiger partial charge is 0.317 e. The van der Waals surface area contributed by atoms with Gasteiger partial charge in [-0.15, -0.1) is 0 Å².